The van der Waals surface area contributed by atoms with Gasteiger partial charge in [0.05, 0.1) is 12.7 Å². The lowest BCUT2D eigenvalue weighted by atomic mass is 10.1. The maximum atomic E-state index is 12.6. The minimum Gasteiger partial charge on any atom is -0.375 e. The molecule has 1 atom stereocenters. The van der Waals surface area contributed by atoms with Gasteiger partial charge in [-0.2, -0.15) is 0 Å². The Morgan fingerprint density at radius 2 is 2.23 bits per heavy atom. The summed E-state index contributed by atoms with van der Waals surface area (Å²) in [6.07, 6.45) is 4.34. The number of morpholine rings is 1. The third-order valence-corrected chi connectivity index (χ3v) is 4.58. The molecule has 1 saturated heterocycles. The third kappa shape index (κ3) is 4.40. The van der Waals surface area contributed by atoms with Crippen LogP contribution in [0.4, 0.5) is 5.82 Å². The van der Waals surface area contributed by atoms with E-state index >= 15 is 0 Å². The van der Waals surface area contributed by atoms with Crippen LogP contribution < -0.4 is 4.90 Å². The molecule has 7 heteroatoms. The summed E-state index contributed by atoms with van der Waals surface area (Å²) in [6.45, 7) is 3.69. The summed E-state index contributed by atoms with van der Waals surface area (Å²) in [4.78, 5) is 20.7. The molecule has 0 saturated carbocycles. The molecule has 0 radical (unpaired) electrons. The number of aromatic nitrogens is 2. The predicted molar refractivity (Wildman–Crippen MR) is 98.4 cm³/mol. The van der Waals surface area contributed by atoms with Crippen molar-refractivity contribution in [2.24, 2.45) is 0 Å². The van der Waals surface area contributed by atoms with E-state index < -0.39 is 0 Å². The molecular formula is C19H26N4O3. The maximum absolute atomic E-state index is 12.6. The lowest BCUT2D eigenvalue weighted by molar-refractivity contribution is -0.0249. The Bertz CT molecular complexity index is 744. The summed E-state index contributed by atoms with van der Waals surface area (Å²) in [5.41, 5.74) is 1.60. The topological polar surface area (TPSA) is 71.7 Å². The number of anilines is 1. The van der Waals surface area contributed by atoms with Gasteiger partial charge in [0.2, 0.25) is 0 Å². The summed E-state index contributed by atoms with van der Waals surface area (Å²) < 4.78 is 11.0. The van der Waals surface area contributed by atoms with Crippen molar-refractivity contribution < 1.29 is 14.1 Å². The Kier molecular flexibility index (Phi) is 5.88. The molecule has 0 aromatic carbocycles. The molecule has 3 heterocycles. The van der Waals surface area contributed by atoms with E-state index in [-0.39, 0.29) is 12.0 Å². The quantitative estimate of drug-likeness (QED) is 0.788. The average molecular weight is 358 g/mol. The van der Waals surface area contributed by atoms with Crippen molar-refractivity contribution in [1.82, 2.24) is 15.0 Å². The third-order valence-electron chi connectivity index (χ3n) is 4.58. The van der Waals surface area contributed by atoms with Gasteiger partial charge >= 0.3 is 0 Å². The number of hydrogen-bond donors (Lipinski definition) is 0. The number of pyridine rings is 1. The highest BCUT2D eigenvalue weighted by Crippen LogP contribution is 2.17. The fraction of sp³-hybridized carbons (Fsp3) is 0.526. The summed E-state index contributed by atoms with van der Waals surface area (Å²) in [7, 11) is 3.96. The van der Waals surface area contributed by atoms with Crippen molar-refractivity contribution in [2.75, 3.05) is 38.7 Å². The van der Waals surface area contributed by atoms with Crippen molar-refractivity contribution in [2.45, 2.75) is 32.3 Å². The van der Waals surface area contributed by atoms with Gasteiger partial charge in [-0.05, 0) is 30.5 Å². The molecule has 0 aliphatic carbocycles. The fourth-order valence-electron chi connectivity index (χ4n) is 3.01. The van der Waals surface area contributed by atoms with E-state index in [0.717, 1.165) is 30.8 Å². The van der Waals surface area contributed by atoms with Gasteiger partial charge in [-0.25, -0.2) is 4.98 Å². The van der Waals surface area contributed by atoms with Crippen LogP contribution in [0, 0.1) is 0 Å². The largest absolute Gasteiger partial charge is 0.375 e. The smallest absolute Gasteiger partial charge is 0.276 e. The van der Waals surface area contributed by atoms with Crippen LogP contribution in [-0.2, 0) is 17.6 Å². The number of hydrogen-bond acceptors (Lipinski definition) is 6. The van der Waals surface area contributed by atoms with Crippen LogP contribution in [0.3, 0.4) is 0 Å². The van der Waals surface area contributed by atoms with Crippen LogP contribution in [0.2, 0.25) is 0 Å². The Hall–Kier alpha value is -2.41. The highest BCUT2D eigenvalue weighted by atomic mass is 16.5. The molecule has 0 spiro atoms. The van der Waals surface area contributed by atoms with Gasteiger partial charge in [-0.1, -0.05) is 12.1 Å². The van der Waals surface area contributed by atoms with E-state index in [1.165, 1.54) is 5.56 Å². The van der Waals surface area contributed by atoms with Crippen LogP contribution >= 0.6 is 0 Å². The van der Waals surface area contributed by atoms with Crippen LogP contribution in [0.5, 0.6) is 0 Å². The second-order valence-electron chi connectivity index (χ2n) is 6.73. The first-order valence-electron chi connectivity index (χ1n) is 9.05. The van der Waals surface area contributed by atoms with Crippen molar-refractivity contribution in [1.29, 1.82) is 0 Å². The normalized spacial score (nSPS) is 17.3. The maximum Gasteiger partial charge on any atom is 0.276 e. The van der Waals surface area contributed by atoms with Gasteiger partial charge in [0, 0.05) is 45.9 Å². The molecule has 1 aliphatic heterocycles. The summed E-state index contributed by atoms with van der Waals surface area (Å²) in [6, 6.07) is 5.85. The SMILES string of the molecule is CCc1cc(C(=O)N2CCO[C@H](CCc3ccnc(N(C)C)c3)C2)no1. The molecule has 26 heavy (non-hydrogen) atoms. The summed E-state index contributed by atoms with van der Waals surface area (Å²) >= 11 is 0. The Labute approximate surface area is 153 Å². The van der Waals surface area contributed by atoms with Crippen molar-refractivity contribution in [3.8, 4) is 0 Å². The molecule has 1 aliphatic rings. The second kappa shape index (κ2) is 8.31. The van der Waals surface area contributed by atoms with Crippen LogP contribution in [0.1, 0.15) is 35.2 Å². The minimum atomic E-state index is -0.0828. The molecule has 3 rings (SSSR count). The van der Waals surface area contributed by atoms with Crippen LogP contribution in [-0.4, -0.2) is 60.8 Å². The van der Waals surface area contributed by atoms with E-state index in [9.17, 15) is 4.79 Å². The van der Waals surface area contributed by atoms with E-state index in [1.807, 2.05) is 43.1 Å². The molecule has 0 bridgehead atoms. The summed E-state index contributed by atoms with van der Waals surface area (Å²) in [5, 5.41) is 3.89. The van der Waals surface area contributed by atoms with Crippen molar-refractivity contribution >= 4 is 11.7 Å². The summed E-state index contributed by atoms with van der Waals surface area (Å²) in [5.74, 6) is 1.59. The zero-order valence-electron chi connectivity index (χ0n) is 15.6. The number of aryl methyl sites for hydroxylation is 2. The van der Waals surface area contributed by atoms with E-state index in [2.05, 4.69) is 16.2 Å². The molecule has 1 amide bonds. The minimum absolute atomic E-state index is 0.0289. The average Bonchev–Trinajstić information content (AvgIpc) is 3.15. The van der Waals surface area contributed by atoms with E-state index in [1.54, 1.807) is 6.07 Å². The van der Waals surface area contributed by atoms with E-state index in [0.29, 0.717) is 25.4 Å². The second-order valence-corrected chi connectivity index (χ2v) is 6.73. The number of amides is 1. The number of rotatable bonds is 6. The van der Waals surface area contributed by atoms with Gasteiger partial charge < -0.3 is 19.1 Å². The Morgan fingerprint density at radius 3 is 2.96 bits per heavy atom. The number of carbonyl (C=O) groups excluding carboxylic acids is 1. The first-order chi connectivity index (χ1) is 12.6. The van der Waals surface area contributed by atoms with Gasteiger partial charge in [0.1, 0.15) is 11.6 Å². The van der Waals surface area contributed by atoms with Crippen LogP contribution in [0.15, 0.2) is 28.9 Å². The van der Waals surface area contributed by atoms with Gasteiger partial charge in [-0.15, -0.1) is 0 Å². The van der Waals surface area contributed by atoms with E-state index in [4.69, 9.17) is 9.26 Å². The fourth-order valence-corrected chi connectivity index (χ4v) is 3.01. The van der Waals surface area contributed by atoms with Gasteiger partial charge in [0.25, 0.3) is 5.91 Å². The Morgan fingerprint density at radius 1 is 1.38 bits per heavy atom. The number of carbonyl (C=O) groups is 1. The highest BCUT2D eigenvalue weighted by molar-refractivity contribution is 5.92. The number of ether oxygens (including phenoxy) is 1. The lowest BCUT2D eigenvalue weighted by Gasteiger charge is -2.32. The molecule has 0 unspecified atom stereocenters. The molecule has 0 N–H and O–H groups in total. The first-order valence-corrected chi connectivity index (χ1v) is 9.05. The predicted octanol–water partition coefficient (Wildman–Crippen LogP) is 2.17. The van der Waals surface area contributed by atoms with Crippen LogP contribution in [0.25, 0.3) is 0 Å². The zero-order chi connectivity index (χ0) is 18.5. The number of nitrogens with zero attached hydrogens (tertiary/aromatic N) is 4. The Balaban J connectivity index is 1.56. The molecule has 2 aromatic heterocycles. The lowest BCUT2D eigenvalue weighted by Crippen LogP contribution is -2.45. The van der Waals surface area contributed by atoms with Gasteiger partial charge in [-0.3, -0.25) is 4.79 Å². The highest BCUT2D eigenvalue weighted by Gasteiger charge is 2.26. The van der Waals surface area contributed by atoms with Gasteiger partial charge in [0.15, 0.2) is 5.69 Å². The standard InChI is InChI=1S/C19H26N4O3/c1-4-15-12-17(21-26-15)19(24)23-9-10-25-16(13-23)6-5-14-7-8-20-18(11-14)22(2)3/h7-8,11-12,16H,4-6,9-10,13H2,1-3H3/t16-/m1/s1. The first kappa shape index (κ1) is 18.4. The zero-order valence-corrected chi connectivity index (χ0v) is 15.6. The molecule has 140 valence electrons. The molecule has 7 nitrogen and oxygen atoms in total. The molecule has 1 fully saturated rings. The monoisotopic (exact) mass is 358 g/mol. The van der Waals surface area contributed by atoms with Crippen molar-refractivity contribution in [3.63, 3.8) is 0 Å². The molecule has 2 aromatic rings. The van der Waals surface area contributed by atoms with Crippen molar-refractivity contribution in [3.05, 3.63) is 41.4 Å². The molecular weight excluding hydrogens is 332 g/mol.